The van der Waals surface area contributed by atoms with Crippen molar-refractivity contribution in [2.24, 2.45) is 11.8 Å². The first kappa shape index (κ1) is 17.9. The highest BCUT2D eigenvalue weighted by Gasteiger charge is 2.50. The number of hydrogen-bond donors (Lipinski definition) is 2. The zero-order valence-corrected chi connectivity index (χ0v) is 15.3. The number of fused-ring (bicyclic) bond motifs is 1. The summed E-state index contributed by atoms with van der Waals surface area (Å²) in [6, 6.07) is 13.0. The average molecular weight is 367 g/mol. The van der Waals surface area contributed by atoms with Crippen molar-refractivity contribution in [3.63, 3.8) is 0 Å². The highest BCUT2D eigenvalue weighted by molar-refractivity contribution is 5.76. The first-order valence-electron chi connectivity index (χ1n) is 9.66. The second-order valence-corrected chi connectivity index (χ2v) is 7.76. The molecule has 1 saturated carbocycles. The third kappa shape index (κ3) is 3.54. The number of rotatable bonds is 4. The Bertz CT molecular complexity index is 846. The SMILES string of the molecule is O=C(CCc1ccc(=O)[nH]n1)N1C[C@H]2CCC[C@](O)(c3ccccc3)[C@H]2C1. The summed E-state index contributed by atoms with van der Waals surface area (Å²) in [6.07, 6.45) is 3.66. The molecule has 1 saturated heterocycles. The Hall–Kier alpha value is -2.47. The summed E-state index contributed by atoms with van der Waals surface area (Å²) in [5.74, 6) is 0.524. The number of aromatic nitrogens is 2. The van der Waals surface area contributed by atoms with E-state index < -0.39 is 5.60 Å². The Morgan fingerprint density at radius 2 is 2.04 bits per heavy atom. The van der Waals surface area contributed by atoms with Crippen molar-refractivity contribution in [2.45, 2.75) is 37.7 Å². The average Bonchev–Trinajstić information content (AvgIpc) is 3.14. The summed E-state index contributed by atoms with van der Waals surface area (Å²) in [6.45, 7) is 1.33. The lowest BCUT2D eigenvalue weighted by Crippen LogP contribution is -2.42. The quantitative estimate of drug-likeness (QED) is 0.863. The Kier molecular flexibility index (Phi) is 4.83. The van der Waals surface area contributed by atoms with Gasteiger partial charge >= 0.3 is 0 Å². The maximum atomic E-state index is 12.7. The number of likely N-dealkylation sites (tertiary alicyclic amines) is 1. The fourth-order valence-electron chi connectivity index (χ4n) is 4.72. The summed E-state index contributed by atoms with van der Waals surface area (Å²) in [7, 11) is 0. The van der Waals surface area contributed by atoms with E-state index >= 15 is 0 Å². The van der Waals surface area contributed by atoms with Crippen LogP contribution in [0.1, 0.15) is 36.9 Å². The Morgan fingerprint density at radius 3 is 2.78 bits per heavy atom. The molecule has 6 nitrogen and oxygen atoms in total. The van der Waals surface area contributed by atoms with E-state index in [1.54, 1.807) is 6.07 Å². The van der Waals surface area contributed by atoms with Crippen LogP contribution in [0, 0.1) is 11.8 Å². The molecule has 2 aliphatic rings. The number of nitrogens with zero attached hydrogens (tertiary/aromatic N) is 2. The van der Waals surface area contributed by atoms with Crippen LogP contribution in [0.4, 0.5) is 0 Å². The van der Waals surface area contributed by atoms with Gasteiger partial charge in [-0.05, 0) is 36.8 Å². The van der Waals surface area contributed by atoms with E-state index in [1.165, 1.54) is 6.07 Å². The number of aryl methyl sites for hydroxylation is 1. The minimum absolute atomic E-state index is 0.0869. The summed E-state index contributed by atoms with van der Waals surface area (Å²) in [4.78, 5) is 25.7. The van der Waals surface area contributed by atoms with E-state index in [9.17, 15) is 14.7 Å². The van der Waals surface area contributed by atoms with Gasteiger partial charge in [0.1, 0.15) is 0 Å². The monoisotopic (exact) mass is 367 g/mol. The molecule has 2 aromatic rings. The highest BCUT2D eigenvalue weighted by atomic mass is 16.3. The number of amides is 1. The van der Waals surface area contributed by atoms with E-state index in [1.807, 2.05) is 35.2 Å². The molecule has 142 valence electrons. The van der Waals surface area contributed by atoms with Crippen molar-refractivity contribution in [3.8, 4) is 0 Å². The van der Waals surface area contributed by atoms with E-state index in [-0.39, 0.29) is 17.4 Å². The molecule has 1 aliphatic heterocycles. The molecular formula is C21H25N3O3. The maximum Gasteiger partial charge on any atom is 0.264 e. The smallest absolute Gasteiger partial charge is 0.264 e. The first-order valence-corrected chi connectivity index (χ1v) is 9.66. The van der Waals surface area contributed by atoms with Crippen LogP contribution < -0.4 is 5.56 Å². The molecule has 1 aromatic carbocycles. The van der Waals surface area contributed by atoms with Crippen molar-refractivity contribution in [1.29, 1.82) is 0 Å². The summed E-state index contributed by atoms with van der Waals surface area (Å²) in [5.41, 5.74) is 0.584. The van der Waals surface area contributed by atoms with Crippen molar-refractivity contribution in [2.75, 3.05) is 13.1 Å². The summed E-state index contributed by atoms with van der Waals surface area (Å²) < 4.78 is 0. The number of hydrogen-bond acceptors (Lipinski definition) is 4. The molecule has 6 heteroatoms. The van der Waals surface area contributed by atoms with E-state index in [0.717, 1.165) is 31.4 Å². The second kappa shape index (κ2) is 7.27. The molecule has 4 rings (SSSR count). The van der Waals surface area contributed by atoms with E-state index in [0.29, 0.717) is 31.0 Å². The third-order valence-electron chi connectivity index (χ3n) is 6.15. The number of benzene rings is 1. The predicted octanol–water partition coefficient (Wildman–Crippen LogP) is 1.85. The number of carbonyl (C=O) groups excluding carboxylic acids is 1. The molecule has 3 atom stereocenters. The van der Waals surface area contributed by atoms with Crippen LogP contribution in [0.2, 0.25) is 0 Å². The van der Waals surface area contributed by atoms with Crippen LogP contribution in [0.15, 0.2) is 47.3 Å². The molecule has 2 heterocycles. The number of aliphatic hydroxyl groups is 1. The summed E-state index contributed by atoms with van der Waals surface area (Å²) >= 11 is 0. The molecule has 2 fully saturated rings. The second-order valence-electron chi connectivity index (χ2n) is 7.76. The molecule has 0 spiro atoms. The molecule has 0 bridgehead atoms. The topological polar surface area (TPSA) is 86.3 Å². The van der Waals surface area contributed by atoms with Gasteiger partial charge in [-0.1, -0.05) is 30.3 Å². The third-order valence-corrected chi connectivity index (χ3v) is 6.15. The lowest BCUT2D eigenvalue weighted by molar-refractivity contribution is -0.130. The minimum atomic E-state index is -0.848. The fraction of sp³-hybridized carbons (Fsp3) is 0.476. The van der Waals surface area contributed by atoms with Gasteiger partial charge in [-0.25, -0.2) is 5.10 Å². The van der Waals surface area contributed by atoms with Gasteiger partial charge in [0.25, 0.3) is 5.56 Å². The molecule has 1 aliphatic carbocycles. The normalized spacial score (nSPS) is 27.4. The van der Waals surface area contributed by atoms with Crippen LogP contribution in [0.5, 0.6) is 0 Å². The lowest BCUT2D eigenvalue weighted by Gasteiger charge is -2.41. The number of nitrogens with one attached hydrogen (secondary N) is 1. The van der Waals surface area contributed by atoms with Gasteiger partial charge in [-0.2, -0.15) is 5.10 Å². The van der Waals surface area contributed by atoms with Crippen molar-refractivity contribution >= 4 is 5.91 Å². The van der Waals surface area contributed by atoms with Gasteiger partial charge < -0.3 is 10.0 Å². The highest BCUT2D eigenvalue weighted by Crippen LogP contribution is 2.48. The molecule has 0 radical (unpaired) electrons. The fourth-order valence-corrected chi connectivity index (χ4v) is 4.72. The lowest BCUT2D eigenvalue weighted by atomic mass is 9.67. The van der Waals surface area contributed by atoms with Gasteiger partial charge in [0.2, 0.25) is 5.91 Å². The van der Waals surface area contributed by atoms with Crippen LogP contribution in [0.25, 0.3) is 0 Å². The van der Waals surface area contributed by atoms with Gasteiger partial charge in [0.15, 0.2) is 0 Å². The van der Waals surface area contributed by atoms with Crippen molar-refractivity contribution in [3.05, 3.63) is 64.1 Å². The maximum absolute atomic E-state index is 12.7. The van der Waals surface area contributed by atoms with Gasteiger partial charge in [0.05, 0.1) is 11.3 Å². The van der Waals surface area contributed by atoms with E-state index in [2.05, 4.69) is 10.2 Å². The molecule has 27 heavy (non-hydrogen) atoms. The van der Waals surface area contributed by atoms with Gasteiger partial charge in [-0.3, -0.25) is 9.59 Å². The van der Waals surface area contributed by atoms with Crippen LogP contribution in [-0.4, -0.2) is 39.2 Å². The molecule has 1 aromatic heterocycles. The molecule has 2 N–H and O–H groups in total. The van der Waals surface area contributed by atoms with Crippen molar-refractivity contribution in [1.82, 2.24) is 15.1 Å². The number of aromatic amines is 1. The zero-order valence-electron chi connectivity index (χ0n) is 15.3. The van der Waals surface area contributed by atoms with Crippen LogP contribution in [0.3, 0.4) is 0 Å². The van der Waals surface area contributed by atoms with Crippen molar-refractivity contribution < 1.29 is 9.90 Å². The number of H-pyrrole nitrogens is 1. The van der Waals surface area contributed by atoms with E-state index in [4.69, 9.17) is 0 Å². The van der Waals surface area contributed by atoms with Gasteiger partial charge in [-0.15, -0.1) is 0 Å². The zero-order chi connectivity index (χ0) is 18.9. The van der Waals surface area contributed by atoms with Crippen LogP contribution in [-0.2, 0) is 16.8 Å². The Morgan fingerprint density at radius 1 is 1.22 bits per heavy atom. The van der Waals surface area contributed by atoms with Gasteiger partial charge in [0, 0.05) is 37.9 Å². The Labute approximate surface area is 158 Å². The first-order chi connectivity index (χ1) is 13.1. The summed E-state index contributed by atoms with van der Waals surface area (Å²) in [5, 5.41) is 17.8. The predicted molar refractivity (Wildman–Crippen MR) is 101 cm³/mol. The standard InChI is InChI=1S/C21H25N3O3/c25-19-10-8-17(22-23-19)9-11-20(26)24-13-15-5-4-12-21(27,18(15)14-24)16-6-2-1-3-7-16/h1-3,6-8,10,15,18,27H,4-5,9,11-14H2,(H,23,25)/t15-,18+,21+/m1/s1. The number of carbonyl (C=O) groups is 1. The minimum Gasteiger partial charge on any atom is -0.385 e. The molecule has 0 unspecified atom stereocenters. The molecule has 1 amide bonds. The molecular weight excluding hydrogens is 342 g/mol. The Balaban J connectivity index is 1.44. The van der Waals surface area contributed by atoms with Crippen LogP contribution >= 0.6 is 0 Å². The largest absolute Gasteiger partial charge is 0.385 e.